The Bertz CT molecular complexity index is 705. The molecule has 0 saturated carbocycles. The van der Waals surface area contributed by atoms with E-state index < -0.39 is 10.0 Å². The molecular formula is C11H13BrN4O2S. The topological polar surface area (TPSA) is 76.9 Å². The first-order valence-electron chi connectivity index (χ1n) is 5.46. The Morgan fingerprint density at radius 2 is 1.95 bits per heavy atom. The van der Waals surface area contributed by atoms with Crippen LogP contribution in [0.25, 0.3) is 0 Å². The van der Waals surface area contributed by atoms with Gasteiger partial charge in [-0.2, -0.15) is 8.42 Å². The minimum Gasteiger partial charge on any atom is -0.278 e. The second-order valence-corrected chi connectivity index (χ2v) is 6.56. The molecule has 6 nitrogen and oxygen atoms in total. The summed E-state index contributed by atoms with van der Waals surface area (Å²) in [6.45, 7) is 3.89. The molecule has 0 aliphatic heterocycles. The SMILES string of the molecule is Cc1ccc(NS(=O)(=O)c2c(Br)nnn2C)cc1C. The lowest BCUT2D eigenvalue weighted by Gasteiger charge is -2.09. The molecule has 1 aromatic carbocycles. The van der Waals surface area contributed by atoms with E-state index in [4.69, 9.17) is 0 Å². The second kappa shape index (κ2) is 4.93. The zero-order valence-corrected chi connectivity index (χ0v) is 13.1. The van der Waals surface area contributed by atoms with Crippen LogP contribution in [0.2, 0.25) is 0 Å². The molecule has 102 valence electrons. The number of aromatic nitrogens is 3. The first-order chi connectivity index (χ1) is 8.81. The minimum atomic E-state index is -3.72. The molecule has 0 bridgehead atoms. The number of benzene rings is 1. The lowest BCUT2D eigenvalue weighted by molar-refractivity contribution is 0.578. The van der Waals surface area contributed by atoms with Crippen LogP contribution in [-0.2, 0) is 17.1 Å². The highest BCUT2D eigenvalue weighted by Crippen LogP contribution is 2.22. The van der Waals surface area contributed by atoms with Crippen LogP contribution in [0.3, 0.4) is 0 Å². The number of nitrogens with zero attached hydrogens (tertiary/aromatic N) is 3. The third-order valence-corrected chi connectivity index (χ3v) is 5.02. The number of hydrogen-bond donors (Lipinski definition) is 1. The summed E-state index contributed by atoms with van der Waals surface area (Å²) < 4.78 is 28.4. The predicted molar refractivity (Wildman–Crippen MR) is 75.4 cm³/mol. The molecule has 0 aliphatic rings. The Morgan fingerprint density at radius 3 is 2.47 bits per heavy atom. The molecule has 0 fully saturated rings. The molecular weight excluding hydrogens is 332 g/mol. The summed E-state index contributed by atoms with van der Waals surface area (Å²) in [5.41, 5.74) is 2.63. The van der Waals surface area contributed by atoms with Crippen LogP contribution >= 0.6 is 15.9 Å². The van der Waals surface area contributed by atoms with E-state index in [1.807, 2.05) is 19.9 Å². The van der Waals surface area contributed by atoms with E-state index in [1.54, 1.807) is 12.1 Å². The van der Waals surface area contributed by atoms with Gasteiger partial charge in [-0.25, -0.2) is 4.68 Å². The van der Waals surface area contributed by atoms with Gasteiger partial charge in [0.05, 0.1) is 0 Å². The van der Waals surface area contributed by atoms with Gasteiger partial charge in [0.1, 0.15) is 0 Å². The second-order valence-electron chi connectivity index (χ2n) is 4.21. The van der Waals surface area contributed by atoms with Crippen LogP contribution in [0, 0.1) is 13.8 Å². The van der Waals surface area contributed by atoms with E-state index in [1.165, 1.54) is 11.7 Å². The average Bonchev–Trinajstić information content (AvgIpc) is 2.64. The van der Waals surface area contributed by atoms with Crippen molar-refractivity contribution in [1.82, 2.24) is 15.0 Å². The highest BCUT2D eigenvalue weighted by atomic mass is 79.9. The third kappa shape index (κ3) is 2.79. The van der Waals surface area contributed by atoms with Crippen molar-refractivity contribution in [1.29, 1.82) is 0 Å². The molecule has 8 heteroatoms. The highest BCUT2D eigenvalue weighted by Gasteiger charge is 2.23. The maximum atomic E-state index is 12.3. The lowest BCUT2D eigenvalue weighted by atomic mass is 10.1. The van der Waals surface area contributed by atoms with Gasteiger partial charge in [0, 0.05) is 12.7 Å². The lowest BCUT2D eigenvalue weighted by Crippen LogP contribution is -2.17. The first-order valence-corrected chi connectivity index (χ1v) is 7.74. The van der Waals surface area contributed by atoms with Gasteiger partial charge < -0.3 is 0 Å². The van der Waals surface area contributed by atoms with Crippen LogP contribution in [0.15, 0.2) is 27.8 Å². The molecule has 0 unspecified atom stereocenters. The van der Waals surface area contributed by atoms with Crippen LogP contribution in [0.5, 0.6) is 0 Å². The van der Waals surface area contributed by atoms with Gasteiger partial charge in [-0.05, 0) is 53.0 Å². The fourth-order valence-electron chi connectivity index (χ4n) is 1.62. The minimum absolute atomic E-state index is 0.00859. The van der Waals surface area contributed by atoms with E-state index >= 15 is 0 Å². The summed E-state index contributed by atoms with van der Waals surface area (Å²) >= 11 is 3.08. The molecule has 0 aliphatic carbocycles. The predicted octanol–water partition coefficient (Wildman–Crippen LogP) is 2.00. The monoisotopic (exact) mass is 344 g/mol. The molecule has 1 heterocycles. The van der Waals surface area contributed by atoms with Crippen LogP contribution < -0.4 is 4.72 Å². The largest absolute Gasteiger partial charge is 0.281 e. The summed E-state index contributed by atoms with van der Waals surface area (Å²) in [4.78, 5) is 0. The Kier molecular flexibility index (Phi) is 3.64. The Labute approximate surface area is 120 Å². The van der Waals surface area contributed by atoms with Crippen molar-refractivity contribution < 1.29 is 8.42 Å². The highest BCUT2D eigenvalue weighted by molar-refractivity contribution is 9.10. The van der Waals surface area contributed by atoms with Crippen molar-refractivity contribution in [2.45, 2.75) is 18.9 Å². The van der Waals surface area contributed by atoms with Gasteiger partial charge >= 0.3 is 0 Å². The van der Waals surface area contributed by atoms with Crippen molar-refractivity contribution in [2.75, 3.05) is 4.72 Å². The summed E-state index contributed by atoms with van der Waals surface area (Å²) in [5, 5.41) is 7.31. The van der Waals surface area contributed by atoms with Gasteiger partial charge in [-0.3, -0.25) is 4.72 Å². The van der Waals surface area contributed by atoms with E-state index in [-0.39, 0.29) is 9.63 Å². The quantitative estimate of drug-likeness (QED) is 0.923. The molecule has 0 saturated heterocycles. The fraction of sp³-hybridized carbons (Fsp3) is 0.273. The first kappa shape index (κ1) is 14.0. The number of halogens is 1. The Balaban J connectivity index is 2.39. The molecule has 19 heavy (non-hydrogen) atoms. The van der Waals surface area contributed by atoms with E-state index in [2.05, 4.69) is 31.0 Å². The molecule has 0 spiro atoms. The van der Waals surface area contributed by atoms with Crippen LogP contribution in [0.1, 0.15) is 11.1 Å². The van der Waals surface area contributed by atoms with Crippen molar-refractivity contribution in [3.8, 4) is 0 Å². The van der Waals surface area contributed by atoms with Crippen LogP contribution in [-0.4, -0.2) is 23.4 Å². The molecule has 0 amide bonds. The van der Waals surface area contributed by atoms with Gasteiger partial charge in [0.25, 0.3) is 10.0 Å². The summed E-state index contributed by atoms with van der Waals surface area (Å²) in [6.07, 6.45) is 0. The van der Waals surface area contributed by atoms with Gasteiger partial charge in [-0.1, -0.05) is 11.3 Å². The van der Waals surface area contributed by atoms with Crippen molar-refractivity contribution >= 4 is 31.6 Å². The Hall–Kier alpha value is -1.41. The number of nitrogens with one attached hydrogen (secondary N) is 1. The van der Waals surface area contributed by atoms with Crippen LogP contribution in [0.4, 0.5) is 5.69 Å². The maximum absolute atomic E-state index is 12.3. The molecule has 2 rings (SSSR count). The van der Waals surface area contributed by atoms with E-state index in [0.29, 0.717) is 5.69 Å². The van der Waals surface area contributed by atoms with Crippen molar-refractivity contribution in [3.63, 3.8) is 0 Å². The number of anilines is 1. The fourth-order valence-corrected chi connectivity index (χ4v) is 3.76. The molecule has 1 aromatic heterocycles. The van der Waals surface area contributed by atoms with Gasteiger partial charge in [-0.15, -0.1) is 5.10 Å². The smallest absolute Gasteiger partial charge is 0.278 e. The molecule has 0 radical (unpaired) electrons. The third-order valence-electron chi connectivity index (χ3n) is 2.75. The summed E-state index contributed by atoms with van der Waals surface area (Å²) in [5.74, 6) is 0. The maximum Gasteiger partial charge on any atom is 0.281 e. The number of sulfonamides is 1. The number of rotatable bonds is 3. The Morgan fingerprint density at radius 1 is 1.26 bits per heavy atom. The summed E-state index contributed by atoms with van der Waals surface area (Å²) in [6, 6.07) is 5.37. The summed E-state index contributed by atoms with van der Waals surface area (Å²) in [7, 11) is -2.20. The standard InChI is InChI=1S/C11H13BrN4O2S/c1-7-4-5-9(6-8(7)2)14-19(17,18)11-10(12)13-15-16(11)3/h4-6,14H,1-3H3. The number of aryl methyl sites for hydroxylation is 3. The zero-order valence-electron chi connectivity index (χ0n) is 10.7. The van der Waals surface area contributed by atoms with Crippen molar-refractivity contribution in [2.24, 2.45) is 7.05 Å². The van der Waals surface area contributed by atoms with Crippen molar-refractivity contribution in [3.05, 3.63) is 33.9 Å². The van der Waals surface area contributed by atoms with Gasteiger partial charge in [0.15, 0.2) is 4.60 Å². The zero-order chi connectivity index (χ0) is 14.2. The molecule has 2 aromatic rings. The molecule has 0 atom stereocenters. The number of hydrogen-bond acceptors (Lipinski definition) is 4. The normalized spacial score (nSPS) is 11.6. The van der Waals surface area contributed by atoms with E-state index in [0.717, 1.165) is 11.1 Å². The molecule has 1 N–H and O–H groups in total. The van der Waals surface area contributed by atoms with E-state index in [9.17, 15) is 8.42 Å². The average molecular weight is 345 g/mol. The van der Waals surface area contributed by atoms with Gasteiger partial charge in [0.2, 0.25) is 5.03 Å².